The Morgan fingerprint density at radius 1 is 1.03 bits per heavy atom. The molecule has 2 heterocycles. The molecular weight excluding hydrogens is 436 g/mol. The van der Waals surface area contributed by atoms with Crippen LogP contribution in [0.1, 0.15) is 23.2 Å². The van der Waals surface area contributed by atoms with Gasteiger partial charge in [-0.25, -0.2) is 8.42 Å². The fraction of sp³-hybridized carbons (Fsp3) is 0.318. The largest absolute Gasteiger partial charge is 0.454 e. The van der Waals surface area contributed by atoms with Crippen LogP contribution < -0.4 is 20.1 Å². The van der Waals surface area contributed by atoms with Gasteiger partial charge in [-0.05, 0) is 18.6 Å². The number of fused-ring (bicyclic) bond motifs is 1. The van der Waals surface area contributed by atoms with Gasteiger partial charge in [-0.15, -0.1) is 0 Å². The molecule has 0 spiro atoms. The molecule has 0 aliphatic carbocycles. The summed E-state index contributed by atoms with van der Waals surface area (Å²) in [4.78, 5) is 38.7. The summed E-state index contributed by atoms with van der Waals surface area (Å²) < 4.78 is 33.8. The molecule has 2 aliphatic rings. The van der Waals surface area contributed by atoms with E-state index in [1.807, 2.05) is 0 Å². The van der Waals surface area contributed by atoms with E-state index in [-0.39, 0.29) is 18.3 Å². The third-order valence-electron chi connectivity index (χ3n) is 5.32. The average Bonchev–Trinajstić information content (AvgIpc) is 3.37. The Labute approximate surface area is 185 Å². The van der Waals surface area contributed by atoms with Gasteiger partial charge in [-0.3, -0.25) is 14.4 Å². The molecule has 0 bridgehead atoms. The Hall–Kier alpha value is -3.40. The maximum Gasteiger partial charge on any atom is 0.235 e. The van der Waals surface area contributed by atoms with Crippen LogP contribution in [0.2, 0.25) is 0 Å². The minimum Gasteiger partial charge on any atom is -0.454 e. The van der Waals surface area contributed by atoms with Gasteiger partial charge in [-0.2, -0.15) is 0 Å². The number of ketones is 1. The lowest BCUT2D eigenvalue weighted by atomic mass is 9.93. The Morgan fingerprint density at radius 3 is 2.50 bits per heavy atom. The predicted molar refractivity (Wildman–Crippen MR) is 115 cm³/mol. The summed E-state index contributed by atoms with van der Waals surface area (Å²) in [5, 5.41) is 5.30. The Morgan fingerprint density at radius 2 is 1.78 bits per heavy atom. The molecule has 2 aromatic carbocycles. The number of hydrogen-bond acceptors (Lipinski definition) is 7. The first kappa shape index (κ1) is 21.8. The highest BCUT2D eigenvalue weighted by atomic mass is 32.2. The number of carbonyl (C=O) groups is 3. The van der Waals surface area contributed by atoms with E-state index in [1.165, 1.54) is 0 Å². The highest BCUT2D eigenvalue weighted by Gasteiger charge is 2.33. The van der Waals surface area contributed by atoms with Crippen LogP contribution in [0.4, 0.5) is 5.69 Å². The number of nitrogens with one attached hydrogen (secondary N) is 2. The summed E-state index contributed by atoms with van der Waals surface area (Å²) >= 11 is 0. The summed E-state index contributed by atoms with van der Waals surface area (Å²) in [6.45, 7) is 0.0823. The summed E-state index contributed by atoms with van der Waals surface area (Å²) in [7, 11) is -3.17. The molecule has 0 aromatic heterocycles. The van der Waals surface area contributed by atoms with Crippen molar-refractivity contribution in [2.75, 3.05) is 23.6 Å². The van der Waals surface area contributed by atoms with Crippen LogP contribution in [0.3, 0.4) is 0 Å². The highest BCUT2D eigenvalue weighted by molar-refractivity contribution is 7.91. The van der Waals surface area contributed by atoms with Crippen LogP contribution in [0, 0.1) is 5.92 Å². The Kier molecular flexibility index (Phi) is 6.13. The van der Waals surface area contributed by atoms with Crippen molar-refractivity contribution in [1.82, 2.24) is 5.32 Å². The second kappa shape index (κ2) is 8.99. The number of amides is 2. The number of carbonyl (C=O) groups excluding carboxylic acids is 3. The number of hydrogen-bond donors (Lipinski definition) is 2. The van der Waals surface area contributed by atoms with Crippen molar-refractivity contribution < 1.29 is 32.3 Å². The zero-order valence-electron chi connectivity index (χ0n) is 17.1. The molecule has 1 saturated heterocycles. The van der Waals surface area contributed by atoms with Gasteiger partial charge in [0.1, 0.15) is 5.92 Å². The molecule has 4 rings (SSSR count). The van der Waals surface area contributed by atoms with Gasteiger partial charge in [0.15, 0.2) is 27.1 Å². The monoisotopic (exact) mass is 458 g/mol. The van der Waals surface area contributed by atoms with Gasteiger partial charge < -0.3 is 20.1 Å². The zero-order valence-corrected chi connectivity index (χ0v) is 17.9. The molecule has 2 N–H and O–H groups in total. The number of sulfone groups is 1. The van der Waals surface area contributed by atoms with Gasteiger partial charge >= 0.3 is 0 Å². The van der Waals surface area contributed by atoms with E-state index in [2.05, 4.69) is 10.6 Å². The first-order valence-electron chi connectivity index (χ1n) is 10.1. The van der Waals surface area contributed by atoms with Gasteiger partial charge in [0.25, 0.3) is 0 Å². The third-order valence-corrected chi connectivity index (χ3v) is 7.09. The molecule has 1 fully saturated rings. The van der Waals surface area contributed by atoms with Crippen LogP contribution in [-0.2, 0) is 19.4 Å². The van der Waals surface area contributed by atoms with Crippen LogP contribution in [0.15, 0.2) is 48.5 Å². The SMILES string of the molecule is O=C(C[C@H](C(=O)Nc1ccc2c(c1)OCO2)C(=O)c1ccccc1)N[C@@H]1CCS(=O)(=O)C1. The summed E-state index contributed by atoms with van der Waals surface area (Å²) in [6.07, 6.45) is -0.0879. The van der Waals surface area contributed by atoms with Crippen molar-refractivity contribution in [2.45, 2.75) is 18.9 Å². The lowest BCUT2D eigenvalue weighted by molar-refractivity contribution is -0.126. The van der Waals surface area contributed by atoms with E-state index in [4.69, 9.17) is 9.47 Å². The van der Waals surface area contributed by atoms with Crippen molar-refractivity contribution >= 4 is 33.1 Å². The number of anilines is 1. The number of benzene rings is 2. The highest BCUT2D eigenvalue weighted by Crippen LogP contribution is 2.34. The molecule has 0 unspecified atom stereocenters. The normalized spacial score (nSPS) is 19.2. The molecule has 10 heteroatoms. The number of ether oxygens (including phenoxy) is 2. The predicted octanol–water partition coefficient (Wildman–Crippen LogP) is 1.55. The molecule has 0 radical (unpaired) electrons. The second-order valence-corrected chi connectivity index (χ2v) is 9.94. The summed E-state index contributed by atoms with van der Waals surface area (Å²) in [6, 6.07) is 12.5. The van der Waals surface area contributed by atoms with Gasteiger partial charge in [-0.1, -0.05) is 30.3 Å². The first-order valence-corrected chi connectivity index (χ1v) is 11.9. The van der Waals surface area contributed by atoms with E-state index in [9.17, 15) is 22.8 Å². The van der Waals surface area contributed by atoms with Crippen LogP contribution >= 0.6 is 0 Å². The van der Waals surface area contributed by atoms with Gasteiger partial charge in [0.05, 0.1) is 11.5 Å². The lowest BCUT2D eigenvalue weighted by Crippen LogP contribution is -2.40. The maximum absolute atomic E-state index is 13.1. The molecule has 32 heavy (non-hydrogen) atoms. The fourth-order valence-corrected chi connectivity index (χ4v) is 5.37. The van der Waals surface area contributed by atoms with Crippen molar-refractivity contribution in [2.24, 2.45) is 5.92 Å². The molecule has 9 nitrogen and oxygen atoms in total. The van der Waals surface area contributed by atoms with Crippen LogP contribution in [-0.4, -0.2) is 50.4 Å². The van der Waals surface area contributed by atoms with E-state index in [1.54, 1.807) is 48.5 Å². The average molecular weight is 458 g/mol. The topological polar surface area (TPSA) is 128 Å². The van der Waals surface area contributed by atoms with Gasteiger partial charge in [0.2, 0.25) is 18.6 Å². The molecule has 2 amide bonds. The molecule has 2 atom stereocenters. The molecule has 2 aliphatic heterocycles. The molecule has 2 aromatic rings. The Bertz CT molecular complexity index is 1150. The van der Waals surface area contributed by atoms with Crippen molar-refractivity contribution in [3.05, 3.63) is 54.1 Å². The minimum atomic E-state index is -3.17. The van der Waals surface area contributed by atoms with E-state index >= 15 is 0 Å². The standard InChI is InChI=1S/C22H22N2O7S/c25-20(23-16-8-9-32(28,29)12-16)11-17(21(26)14-4-2-1-3-5-14)22(27)24-15-6-7-18-19(10-15)31-13-30-18/h1-7,10,16-17H,8-9,11-13H2,(H,23,25)(H,24,27)/t16-,17+/m1/s1. The molecular formula is C22H22N2O7S. The number of rotatable bonds is 7. The van der Waals surface area contributed by atoms with E-state index < -0.39 is 45.8 Å². The Balaban J connectivity index is 1.50. The number of Topliss-reactive ketones (excluding diaryl/α,β-unsaturated/α-hetero) is 1. The maximum atomic E-state index is 13.1. The van der Waals surface area contributed by atoms with Crippen molar-refractivity contribution in [1.29, 1.82) is 0 Å². The van der Waals surface area contributed by atoms with E-state index in [0.717, 1.165) is 0 Å². The fourth-order valence-electron chi connectivity index (χ4n) is 3.69. The van der Waals surface area contributed by atoms with E-state index in [0.29, 0.717) is 29.2 Å². The third kappa shape index (κ3) is 5.08. The molecule has 168 valence electrons. The minimum absolute atomic E-state index is 0.00885. The van der Waals surface area contributed by atoms with Crippen LogP contribution in [0.5, 0.6) is 11.5 Å². The zero-order chi connectivity index (χ0) is 22.7. The van der Waals surface area contributed by atoms with Gasteiger partial charge in [0, 0.05) is 29.8 Å². The lowest BCUT2D eigenvalue weighted by Gasteiger charge is -2.18. The quantitative estimate of drug-likeness (QED) is 0.476. The molecule has 0 saturated carbocycles. The summed E-state index contributed by atoms with van der Waals surface area (Å²) in [5.74, 6) is -2.11. The van der Waals surface area contributed by atoms with Crippen molar-refractivity contribution in [3.63, 3.8) is 0 Å². The van der Waals surface area contributed by atoms with Crippen LogP contribution in [0.25, 0.3) is 0 Å². The smallest absolute Gasteiger partial charge is 0.235 e. The first-order chi connectivity index (χ1) is 15.3. The summed E-state index contributed by atoms with van der Waals surface area (Å²) in [5.41, 5.74) is 0.696. The van der Waals surface area contributed by atoms with Crippen molar-refractivity contribution in [3.8, 4) is 11.5 Å². The second-order valence-electron chi connectivity index (χ2n) is 7.71.